The Morgan fingerprint density at radius 3 is 2.67 bits per heavy atom. The molecule has 3 heterocycles. The Morgan fingerprint density at radius 2 is 1.89 bits per heavy atom. The van der Waals surface area contributed by atoms with Crippen LogP contribution in [0.2, 0.25) is 0 Å². The first-order valence-corrected chi connectivity index (χ1v) is 9.72. The highest BCUT2D eigenvalue weighted by Gasteiger charge is 2.18. The van der Waals surface area contributed by atoms with Crippen molar-refractivity contribution >= 4 is 16.6 Å². The molecule has 0 bridgehead atoms. The smallest absolute Gasteiger partial charge is 0.156 e. The SMILES string of the molecule is Cc1cc([C@H](C)c2nnc(NCC3CCOCC3)c3ccccc23)ccn1. The van der Waals surface area contributed by atoms with Crippen molar-refractivity contribution < 1.29 is 4.74 Å². The lowest BCUT2D eigenvalue weighted by Crippen LogP contribution is -2.23. The fourth-order valence-electron chi connectivity index (χ4n) is 3.76. The van der Waals surface area contributed by atoms with Crippen LogP contribution in [0.1, 0.15) is 42.6 Å². The number of aromatic nitrogens is 3. The Balaban J connectivity index is 1.63. The lowest BCUT2D eigenvalue weighted by atomic mass is 9.94. The van der Waals surface area contributed by atoms with Crippen LogP contribution in [0, 0.1) is 12.8 Å². The number of nitrogens with zero attached hydrogens (tertiary/aromatic N) is 3. The molecule has 3 aromatic rings. The lowest BCUT2D eigenvalue weighted by Gasteiger charge is -2.23. The number of rotatable bonds is 5. The number of benzene rings is 1. The topological polar surface area (TPSA) is 59.9 Å². The Kier molecular flexibility index (Phi) is 5.30. The molecule has 1 fully saturated rings. The summed E-state index contributed by atoms with van der Waals surface area (Å²) in [6.07, 6.45) is 4.07. The first kappa shape index (κ1) is 17.9. The van der Waals surface area contributed by atoms with Crippen molar-refractivity contribution in [1.82, 2.24) is 15.2 Å². The van der Waals surface area contributed by atoms with Crippen molar-refractivity contribution in [2.75, 3.05) is 25.1 Å². The Morgan fingerprint density at radius 1 is 1.11 bits per heavy atom. The summed E-state index contributed by atoms with van der Waals surface area (Å²) < 4.78 is 5.45. The predicted octanol–water partition coefficient (Wildman–Crippen LogP) is 4.32. The van der Waals surface area contributed by atoms with Crippen LogP contribution in [0.25, 0.3) is 10.8 Å². The van der Waals surface area contributed by atoms with Gasteiger partial charge in [-0.25, -0.2) is 0 Å². The van der Waals surface area contributed by atoms with Gasteiger partial charge in [-0.05, 0) is 43.4 Å². The van der Waals surface area contributed by atoms with Crippen LogP contribution < -0.4 is 5.32 Å². The number of pyridine rings is 1. The normalized spacial score (nSPS) is 16.4. The van der Waals surface area contributed by atoms with Crippen LogP contribution in [0.5, 0.6) is 0 Å². The molecule has 0 aliphatic carbocycles. The summed E-state index contributed by atoms with van der Waals surface area (Å²) in [5.74, 6) is 1.67. The van der Waals surface area contributed by atoms with Crippen LogP contribution in [0.3, 0.4) is 0 Å². The van der Waals surface area contributed by atoms with E-state index in [-0.39, 0.29) is 5.92 Å². The standard InChI is InChI=1S/C22H26N4O/c1-15-13-18(7-10-23-15)16(2)21-19-5-3-4-6-20(19)22(26-25-21)24-14-17-8-11-27-12-9-17/h3-7,10,13,16-17H,8-9,11-12,14H2,1-2H3,(H,24,26)/t16-/m0/s1. The average molecular weight is 362 g/mol. The highest BCUT2D eigenvalue weighted by atomic mass is 16.5. The van der Waals surface area contributed by atoms with Gasteiger partial charge in [0.15, 0.2) is 5.82 Å². The number of aryl methyl sites for hydroxylation is 1. The maximum Gasteiger partial charge on any atom is 0.156 e. The maximum atomic E-state index is 5.45. The van der Waals surface area contributed by atoms with E-state index in [2.05, 4.69) is 63.8 Å². The lowest BCUT2D eigenvalue weighted by molar-refractivity contribution is 0.0699. The van der Waals surface area contributed by atoms with E-state index in [9.17, 15) is 0 Å². The number of hydrogen-bond acceptors (Lipinski definition) is 5. The van der Waals surface area contributed by atoms with Crippen LogP contribution >= 0.6 is 0 Å². The number of fused-ring (bicyclic) bond motifs is 1. The molecule has 1 N–H and O–H groups in total. The van der Waals surface area contributed by atoms with Gasteiger partial charge in [0, 0.05) is 48.3 Å². The van der Waals surface area contributed by atoms with E-state index in [0.717, 1.165) is 60.6 Å². The minimum Gasteiger partial charge on any atom is -0.381 e. The molecule has 1 aliphatic heterocycles. The summed E-state index contributed by atoms with van der Waals surface area (Å²) in [6, 6.07) is 12.6. The molecule has 140 valence electrons. The molecule has 1 saturated heterocycles. The quantitative estimate of drug-likeness (QED) is 0.732. The molecule has 0 radical (unpaired) electrons. The molecule has 2 aromatic heterocycles. The maximum absolute atomic E-state index is 5.45. The van der Waals surface area contributed by atoms with Gasteiger partial charge in [0.2, 0.25) is 0 Å². The van der Waals surface area contributed by atoms with Gasteiger partial charge >= 0.3 is 0 Å². The first-order valence-electron chi connectivity index (χ1n) is 9.72. The third-order valence-corrected chi connectivity index (χ3v) is 5.45. The summed E-state index contributed by atoms with van der Waals surface area (Å²) in [5, 5.41) is 15.0. The molecule has 0 unspecified atom stereocenters. The number of nitrogens with one attached hydrogen (secondary N) is 1. The third kappa shape index (κ3) is 3.93. The minimum absolute atomic E-state index is 0.161. The number of ether oxygens (including phenoxy) is 1. The van der Waals surface area contributed by atoms with Crippen molar-refractivity contribution in [3.8, 4) is 0 Å². The van der Waals surface area contributed by atoms with Gasteiger partial charge in [-0.2, -0.15) is 5.10 Å². The van der Waals surface area contributed by atoms with E-state index >= 15 is 0 Å². The van der Waals surface area contributed by atoms with Crippen LogP contribution in [-0.2, 0) is 4.74 Å². The monoisotopic (exact) mass is 362 g/mol. The zero-order chi connectivity index (χ0) is 18.6. The molecule has 5 heteroatoms. The zero-order valence-electron chi connectivity index (χ0n) is 16.0. The summed E-state index contributed by atoms with van der Waals surface area (Å²) >= 11 is 0. The van der Waals surface area contributed by atoms with Crippen LogP contribution in [0.4, 0.5) is 5.82 Å². The van der Waals surface area contributed by atoms with Crippen molar-refractivity contribution in [1.29, 1.82) is 0 Å². The van der Waals surface area contributed by atoms with E-state index in [4.69, 9.17) is 4.74 Å². The van der Waals surface area contributed by atoms with Gasteiger partial charge in [-0.15, -0.1) is 5.10 Å². The fourth-order valence-corrected chi connectivity index (χ4v) is 3.76. The Hall–Kier alpha value is -2.53. The highest BCUT2D eigenvalue weighted by Crippen LogP contribution is 2.31. The van der Waals surface area contributed by atoms with Gasteiger partial charge in [0.1, 0.15) is 0 Å². The van der Waals surface area contributed by atoms with Crippen LogP contribution in [-0.4, -0.2) is 34.9 Å². The zero-order valence-corrected chi connectivity index (χ0v) is 16.0. The van der Waals surface area contributed by atoms with Gasteiger partial charge in [-0.3, -0.25) is 4.98 Å². The van der Waals surface area contributed by atoms with Crippen molar-refractivity contribution in [3.63, 3.8) is 0 Å². The Bertz CT molecular complexity index is 921. The van der Waals surface area contributed by atoms with E-state index in [1.165, 1.54) is 5.56 Å². The van der Waals surface area contributed by atoms with Crippen molar-refractivity contribution in [3.05, 3.63) is 59.5 Å². The van der Waals surface area contributed by atoms with Gasteiger partial charge in [0.05, 0.1) is 5.69 Å². The fraction of sp³-hybridized carbons (Fsp3) is 0.409. The minimum atomic E-state index is 0.161. The van der Waals surface area contributed by atoms with Gasteiger partial charge in [-0.1, -0.05) is 31.2 Å². The summed E-state index contributed by atoms with van der Waals surface area (Å²) in [6.45, 7) is 6.84. The molecule has 0 spiro atoms. The molecule has 0 amide bonds. The van der Waals surface area contributed by atoms with E-state index in [1.807, 2.05) is 13.1 Å². The highest BCUT2D eigenvalue weighted by molar-refractivity contribution is 5.93. The number of hydrogen-bond donors (Lipinski definition) is 1. The molecule has 1 aliphatic rings. The summed E-state index contributed by atoms with van der Waals surface area (Å²) in [5.41, 5.74) is 3.24. The Labute approximate surface area is 160 Å². The van der Waals surface area contributed by atoms with Crippen LogP contribution in [0.15, 0.2) is 42.6 Å². The molecular weight excluding hydrogens is 336 g/mol. The summed E-state index contributed by atoms with van der Waals surface area (Å²) in [4.78, 5) is 4.31. The molecule has 27 heavy (non-hydrogen) atoms. The first-order chi connectivity index (χ1) is 13.2. The second-order valence-electron chi connectivity index (χ2n) is 7.37. The molecule has 0 saturated carbocycles. The molecule has 1 aromatic carbocycles. The second-order valence-corrected chi connectivity index (χ2v) is 7.37. The number of anilines is 1. The van der Waals surface area contributed by atoms with Crippen molar-refractivity contribution in [2.24, 2.45) is 5.92 Å². The van der Waals surface area contributed by atoms with E-state index in [1.54, 1.807) is 0 Å². The largest absolute Gasteiger partial charge is 0.381 e. The summed E-state index contributed by atoms with van der Waals surface area (Å²) in [7, 11) is 0. The predicted molar refractivity (Wildman–Crippen MR) is 108 cm³/mol. The van der Waals surface area contributed by atoms with Crippen molar-refractivity contribution in [2.45, 2.75) is 32.6 Å². The van der Waals surface area contributed by atoms with Gasteiger partial charge < -0.3 is 10.1 Å². The average Bonchev–Trinajstić information content (AvgIpc) is 2.72. The van der Waals surface area contributed by atoms with E-state index < -0.39 is 0 Å². The molecule has 5 nitrogen and oxygen atoms in total. The second kappa shape index (κ2) is 8.01. The third-order valence-electron chi connectivity index (χ3n) is 5.45. The molecular formula is C22H26N4O. The van der Waals surface area contributed by atoms with E-state index in [0.29, 0.717) is 5.92 Å². The van der Waals surface area contributed by atoms with Gasteiger partial charge in [0.25, 0.3) is 0 Å². The molecule has 1 atom stereocenters. The molecule has 4 rings (SSSR count).